The van der Waals surface area contributed by atoms with E-state index in [2.05, 4.69) is 59.8 Å². The van der Waals surface area contributed by atoms with Crippen LogP contribution in [0.15, 0.2) is 72.2 Å². The molecular weight excluding hydrogens is 344 g/mol. The van der Waals surface area contributed by atoms with E-state index in [1.54, 1.807) is 0 Å². The van der Waals surface area contributed by atoms with Crippen LogP contribution in [0.4, 0.5) is 5.69 Å². The van der Waals surface area contributed by atoms with Crippen LogP contribution < -0.4 is 10.7 Å². The molecule has 0 bridgehead atoms. The highest BCUT2D eigenvalue weighted by atomic mass is 16.1. The van der Waals surface area contributed by atoms with Crippen LogP contribution in [0.3, 0.4) is 0 Å². The fraction of sp³-hybridized carbons (Fsp3) is 0.240. The summed E-state index contributed by atoms with van der Waals surface area (Å²) in [7, 11) is 0. The third-order valence-electron chi connectivity index (χ3n) is 5.35. The zero-order valence-corrected chi connectivity index (χ0v) is 16.4. The summed E-state index contributed by atoms with van der Waals surface area (Å²) in [6.45, 7) is 7.55. The molecule has 0 fully saturated rings. The number of allylic oxidation sites excluding steroid dienone is 1. The summed E-state index contributed by atoms with van der Waals surface area (Å²) in [6.07, 6.45) is 7.20. The Kier molecular flexibility index (Phi) is 5.16. The second-order valence-electron chi connectivity index (χ2n) is 7.33. The van der Waals surface area contributed by atoms with Gasteiger partial charge in [0.2, 0.25) is 5.43 Å². The Morgan fingerprint density at radius 3 is 2.57 bits per heavy atom. The van der Waals surface area contributed by atoms with Gasteiger partial charge in [-0.25, -0.2) is 0 Å². The molecule has 28 heavy (non-hydrogen) atoms. The first-order valence-corrected chi connectivity index (χ1v) is 10.1. The number of hydrogen-bond acceptors (Lipinski definition) is 2. The number of unbranched alkanes of at least 4 members (excludes halogenated alkanes) is 2. The van der Waals surface area contributed by atoms with E-state index in [4.69, 9.17) is 0 Å². The zero-order valence-electron chi connectivity index (χ0n) is 16.4. The summed E-state index contributed by atoms with van der Waals surface area (Å²) in [4.78, 5) is 13.4. The molecule has 0 saturated carbocycles. The van der Waals surface area contributed by atoms with Crippen LogP contribution in [0, 0.1) is 0 Å². The van der Waals surface area contributed by atoms with Gasteiger partial charge in [0.1, 0.15) is 0 Å². The van der Waals surface area contributed by atoms with Crippen LogP contribution in [0.1, 0.15) is 26.2 Å². The lowest BCUT2D eigenvalue weighted by Gasteiger charge is -2.15. The minimum absolute atomic E-state index is 0.0766. The van der Waals surface area contributed by atoms with Crippen molar-refractivity contribution in [1.82, 2.24) is 4.57 Å². The molecule has 0 radical (unpaired) electrons. The first kappa shape index (κ1) is 18.3. The van der Waals surface area contributed by atoms with Crippen molar-refractivity contribution in [2.24, 2.45) is 0 Å². The summed E-state index contributed by atoms with van der Waals surface area (Å²) < 4.78 is 2.11. The average molecular weight is 370 g/mol. The Morgan fingerprint density at radius 1 is 1.04 bits per heavy atom. The maximum absolute atomic E-state index is 13.4. The molecule has 3 heteroatoms. The van der Waals surface area contributed by atoms with E-state index >= 15 is 0 Å². The number of nitrogens with zero attached hydrogens (tertiary/aromatic N) is 1. The highest BCUT2D eigenvalue weighted by Crippen LogP contribution is 2.29. The van der Waals surface area contributed by atoms with Gasteiger partial charge >= 0.3 is 0 Å². The SMILES string of the molecule is C=CCn1cc(NCCCCC)c(=O)c2c3cc4ccccc4cc3ccc21. The number of aromatic nitrogens is 1. The molecule has 4 rings (SSSR count). The zero-order chi connectivity index (χ0) is 19.5. The van der Waals surface area contributed by atoms with Crippen molar-refractivity contribution in [2.75, 3.05) is 11.9 Å². The third kappa shape index (κ3) is 3.29. The van der Waals surface area contributed by atoms with E-state index in [1.165, 1.54) is 5.39 Å². The maximum atomic E-state index is 13.4. The Labute approximate surface area is 165 Å². The van der Waals surface area contributed by atoms with Gasteiger partial charge < -0.3 is 9.88 Å². The quantitative estimate of drug-likeness (QED) is 0.185. The number of anilines is 1. The summed E-state index contributed by atoms with van der Waals surface area (Å²) in [5, 5.41) is 8.60. The molecule has 0 saturated heterocycles. The van der Waals surface area contributed by atoms with Crippen molar-refractivity contribution in [2.45, 2.75) is 32.7 Å². The monoisotopic (exact) mass is 370 g/mol. The minimum atomic E-state index is 0.0766. The number of benzene rings is 3. The van der Waals surface area contributed by atoms with E-state index in [-0.39, 0.29) is 5.43 Å². The number of nitrogens with one attached hydrogen (secondary N) is 1. The van der Waals surface area contributed by atoms with Crippen LogP contribution in [-0.2, 0) is 6.54 Å². The maximum Gasteiger partial charge on any atom is 0.213 e. The highest BCUT2D eigenvalue weighted by Gasteiger charge is 2.12. The predicted molar refractivity (Wildman–Crippen MR) is 121 cm³/mol. The number of fused-ring (bicyclic) bond motifs is 4. The molecule has 0 unspecified atom stereocenters. The van der Waals surface area contributed by atoms with Crippen molar-refractivity contribution in [1.29, 1.82) is 0 Å². The van der Waals surface area contributed by atoms with Crippen molar-refractivity contribution < 1.29 is 0 Å². The van der Waals surface area contributed by atoms with Gasteiger partial charge in [0.25, 0.3) is 0 Å². The van der Waals surface area contributed by atoms with Crippen molar-refractivity contribution >= 4 is 38.1 Å². The van der Waals surface area contributed by atoms with Crippen LogP contribution in [-0.4, -0.2) is 11.1 Å². The largest absolute Gasteiger partial charge is 0.381 e. The van der Waals surface area contributed by atoms with Crippen LogP contribution in [0.5, 0.6) is 0 Å². The lowest BCUT2D eigenvalue weighted by atomic mass is 9.99. The molecule has 4 aromatic rings. The molecule has 3 aromatic carbocycles. The van der Waals surface area contributed by atoms with Gasteiger partial charge in [0.15, 0.2) is 0 Å². The smallest absolute Gasteiger partial charge is 0.213 e. The van der Waals surface area contributed by atoms with Gasteiger partial charge in [-0.15, -0.1) is 6.58 Å². The normalized spacial score (nSPS) is 11.3. The van der Waals surface area contributed by atoms with Gasteiger partial charge in [-0.3, -0.25) is 4.79 Å². The van der Waals surface area contributed by atoms with Crippen molar-refractivity contribution in [3.8, 4) is 0 Å². The predicted octanol–water partition coefficient (Wildman–Crippen LogP) is 6.10. The average Bonchev–Trinajstić information content (AvgIpc) is 2.72. The Bertz CT molecular complexity index is 1220. The minimum Gasteiger partial charge on any atom is -0.381 e. The second kappa shape index (κ2) is 7.89. The molecule has 1 N–H and O–H groups in total. The molecule has 0 amide bonds. The first-order chi connectivity index (χ1) is 13.7. The second-order valence-corrected chi connectivity index (χ2v) is 7.33. The molecule has 0 aliphatic heterocycles. The topological polar surface area (TPSA) is 34.0 Å². The number of rotatable bonds is 7. The molecule has 142 valence electrons. The molecule has 0 atom stereocenters. The molecule has 0 aliphatic carbocycles. The number of pyridine rings is 1. The number of hydrogen-bond donors (Lipinski definition) is 1. The lowest BCUT2D eigenvalue weighted by molar-refractivity contribution is 0.742. The first-order valence-electron chi connectivity index (χ1n) is 10.1. The van der Waals surface area contributed by atoms with Crippen molar-refractivity contribution in [3.05, 3.63) is 77.6 Å². The van der Waals surface area contributed by atoms with E-state index in [0.29, 0.717) is 12.2 Å². The standard InChI is InChI=1S/C25H26N2O/c1-3-5-8-13-26-22-17-27(14-4-2)23-12-11-20-15-18-9-6-7-10-19(18)16-21(20)24(23)25(22)28/h4,6-7,9-12,15-17,26H,2-3,5,8,13-14H2,1H3. The van der Waals surface area contributed by atoms with Gasteiger partial charge in [0.05, 0.1) is 16.6 Å². The molecule has 3 nitrogen and oxygen atoms in total. The lowest BCUT2D eigenvalue weighted by Crippen LogP contribution is -2.16. The summed E-state index contributed by atoms with van der Waals surface area (Å²) in [6, 6.07) is 16.8. The fourth-order valence-corrected chi connectivity index (χ4v) is 3.91. The summed E-state index contributed by atoms with van der Waals surface area (Å²) in [5.74, 6) is 0. The van der Waals surface area contributed by atoms with Gasteiger partial charge in [-0.1, -0.05) is 56.2 Å². The van der Waals surface area contributed by atoms with E-state index in [0.717, 1.165) is 52.9 Å². The van der Waals surface area contributed by atoms with E-state index < -0.39 is 0 Å². The summed E-state index contributed by atoms with van der Waals surface area (Å²) >= 11 is 0. The van der Waals surface area contributed by atoms with E-state index in [1.807, 2.05) is 24.4 Å². The third-order valence-corrected chi connectivity index (χ3v) is 5.35. The molecular formula is C25H26N2O. The Morgan fingerprint density at radius 2 is 1.82 bits per heavy atom. The Hall–Kier alpha value is -3.07. The molecule has 0 aliphatic rings. The van der Waals surface area contributed by atoms with Gasteiger partial charge in [0, 0.05) is 19.3 Å². The Balaban J connectivity index is 1.97. The van der Waals surface area contributed by atoms with Crippen LogP contribution in [0.2, 0.25) is 0 Å². The van der Waals surface area contributed by atoms with Crippen LogP contribution in [0.25, 0.3) is 32.4 Å². The fourth-order valence-electron chi connectivity index (χ4n) is 3.91. The molecule has 1 aromatic heterocycles. The summed E-state index contributed by atoms with van der Waals surface area (Å²) in [5.41, 5.74) is 1.70. The molecule has 1 heterocycles. The van der Waals surface area contributed by atoms with E-state index in [9.17, 15) is 4.79 Å². The molecule has 0 spiro atoms. The van der Waals surface area contributed by atoms with Gasteiger partial charge in [-0.05, 0) is 46.2 Å². The highest BCUT2D eigenvalue weighted by molar-refractivity contribution is 6.11. The van der Waals surface area contributed by atoms with Crippen molar-refractivity contribution in [3.63, 3.8) is 0 Å². The van der Waals surface area contributed by atoms with Crippen LogP contribution >= 0.6 is 0 Å². The van der Waals surface area contributed by atoms with Gasteiger partial charge in [-0.2, -0.15) is 0 Å².